The minimum Gasteiger partial charge on any atom is -0.395 e. The lowest BCUT2D eigenvalue weighted by Crippen LogP contribution is -2.44. The van der Waals surface area contributed by atoms with Crippen LogP contribution in [0.2, 0.25) is 0 Å². The van der Waals surface area contributed by atoms with E-state index in [4.69, 9.17) is 5.11 Å². The molecular weight excluding hydrogens is 306 g/mol. The summed E-state index contributed by atoms with van der Waals surface area (Å²) in [5, 5.41) is 41.7. The van der Waals surface area contributed by atoms with Crippen molar-refractivity contribution in [1.29, 1.82) is 0 Å². The highest BCUT2D eigenvalue weighted by Crippen LogP contribution is 2.20. The van der Waals surface area contributed by atoms with E-state index in [0.717, 1.165) is 12.8 Å². The summed E-state index contributed by atoms with van der Waals surface area (Å²) in [4.78, 5) is 0. The Kier molecular flexibility index (Phi) is 12.6. The molecule has 5 atom stereocenters. The van der Waals surface area contributed by atoms with E-state index in [0.29, 0.717) is 6.42 Å². The fourth-order valence-corrected chi connectivity index (χ4v) is 3.06. The first-order valence-electron chi connectivity index (χ1n) is 8.53. The topological polar surface area (TPSA) is 93.0 Å². The third-order valence-corrected chi connectivity index (χ3v) is 4.50. The molecule has 5 nitrogen and oxygen atoms in total. The number of hydrogen-bond donors (Lipinski definition) is 5. The van der Waals surface area contributed by atoms with Crippen LogP contribution in [0.25, 0.3) is 0 Å². The van der Waals surface area contributed by atoms with Gasteiger partial charge in [-0.15, -0.1) is 12.4 Å². The molecule has 0 unspecified atom stereocenters. The molecule has 1 fully saturated rings. The highest BCUT2D eigenvalue weighted by Gasteiger charge is 2.43. The van der Waals surface area contributed by atoms with Gasteiger partial charge in [0, 0.05) is 0 Å². The first-order valence-corrected chi connectivity index (χ1v) is 8.53. The first-order chi connectivity index (χ1) is 10.1. The minimum absolute atomic E-state index is 0. The Morgan fingerprint density at radius 3 is 1.95 bits per heavy atom. The zero-order chi connectivity index (χ0) is 15.7. The second kappa shape index (κ2) is 12.5. The summed E-state index contributed by atoms with van der Waals surface area (Å²) < 4.78 is 0. The van der Waals surface area contributed by atoms with E-state index in [1.54, 1.807) is 0 Å². The van der Waals surface area contributed by atoms with Crippen LogP contribution >= 0.6 is 12.4 Å². The third kappa shape index (κ3) is 7.11. The average molecular weight is 340 g/mol. The van der Waals surface area contributed by atoms with Gasteiger partial charge in [-0.3, -0.25) is 0 Å². The summed E-state index contributed by atoms with van der Waals surface area (Å²) in [6.07, 6.45) is 7.60. The molecule has 1 rings (SSSR count). The Balaban J connectivity index is 0.00000441. The lowest BCUT2D eigenvalue weighted by Gasteiger charge is -2.22. The number of rotatable bonds is 11. The van der Waals surface area contributed by atoms with E-state index in [2.05, 4.69) is 12.2 Å². The largest absolute Gasteiger partial charge is 0.395 e. The summed E-state index contributed by atoms with van der Waals surface area (Å²) in [6.45, 7) is 1.98. The second-order valence-electron chi connectivity index (χ2n) is 6.29. The minimum atomic E-state index is -1.01. The molecule has 1 heterocycles. The Morgan fingerprint density at radius 1 is 0.909 bits per heavy atom. The van der Waals surface area contributed by atoms with Crippen molar-refractivity contribution in [3.63, 3.8) is 0 Å². The van der Waals surface area contributed by atoms with Crippen LogP contribution < -0.4 is 5.32 Å². The summed E-state index contributed by atoms with van der Waals surface area (Å²) in [6, 6.07) is -1.08. The molecule has 0 radical (unpaired) electrons. The van der Waals surface area contributed by atoms with Crippen molar-refractivity contribution in [2.75, 3.05) is 6.61 Å². The first kappa shape index (κ1) is 22.1. The predicted octanol–water partition coefficient (Wildman–Crippen LogP) is 1.35. The predicted molar refractivity (Wildman–Crippen MR) is 90.3 cm³/mol. The second-order valence-corrected chi connectivity index (χ2v) is 6.29. The van der Waals surface area contributed by atoms with E-state index in [-0.39, 0.29) is 19.0 Å². The molecule has 0 aliphatic carbocycles. The molecule has 0 bridgehead atoms. The summed E-state index contributed by atoms with van der Waals surface area (Å²) >= 11 is 0. The zero-order valence-corrected chi connectivity index (χ0v) is 14.5. The fraction of sp³-hybridized carbons (Fsp3) is 1.00. The van der Waals surface area contributed by atoms with Gasteiger partial charge in [0.25, 0.3) is 0 Å². The van der Waals surface area contributed by atoms with Crippen LogP contribution in [0.5, 0.6) is 0 Å². The quantitative estimate of drug-likeness (QED) is 0.366. The number of unbranched alkanes of at least 4 members (excludes halogenated alkanes) is 7. The van der Waals surface area contributed by atoms with E-state index in [1.807, 2.05) is 0 Å². The van der Waals surface area contributed by atoms with Gasteiger partial charge in [-0.1, -0.05) is 58.3 Å². The van der Waals surface area contributed by atoms with Crippen LogP contribution in [-0.2, 0) is 0 Å². The van der Waals surface area contributed by atoms with E-state index < -0.39 is 30.4 Å². The fourth-order valence-electron chi connectivity index (χ4n) is 3.06. The summed E-state index contributed by atoms with van der Waals surface area (Å²) in [7, 11) is 0. The van der Waals surface area contributed by atoms with Crippen LogP contribution in [0.1, 0.15) is 64.7 Å². The molecule has 5 N–H and O–H groups in total. The molecule has 0 aromatic rings. The van der Waals surface area contributed by atoms with E-state index in [1.165, 1.54) is 38.5 Å². The monoisotopic (exact) mass is 339 g/mol. The van der Waals surface area contributed by atoms with Gasteiger partial charge in [0.15, 0.2) is 0 Å². The van der Waals surface area contributed by atoms with Crippen LogP contribution in [0, 0.1) is 0 Å². The zero-order valence-electron chi connectivity index (χ0n) is 13.7. The lowest BCUT2D eigenvalue weighted by atomic mass is 9.98. The van der Waals surface area contributed by atoms with Gasteiger partial charge in [0.1, 0.15) is 0 Å². The van der Waals surface area contributed by atoms with E-state index >= 15 is 0 Å². The number of nitrogens with one attached hydrogen (secondary N) is 1. The summed E-state index contributed by atoms with van der Waals surface area (Å²) in [5.41, 5.74) is 0. The Morgan fingerprint density at radius 2 is 1.45 bits per heavy atom. The van der Waals surface area contributed by atoms with Gasteiger partial charge in [-0.05, 0) is 6.42 Å². The molecule has 1 saturated heterocycles. The van der Waals surface area contributed by atoms with Crippen LogP contribution in [-0.4, -0.2) is 57.4 Å². The smallest absolute Gasteiger partial charge is 0.0993 e. The summed E-state index contributed by atoms with van der Waals surface area (Å²) in [5.74, 6) is 0. The molecule has 1 aliphatic heterocycles. The maximum Gasteiger partial charge on any atom is 0.0993 e. The van der Waals surface area contributed by atoms with Gasteiger partial charge >= 0.3 is 0 Å². The van der Waals surface area contributed by atoms with Gasteiger partial charge in [0.05, 0.1) is 37.0 Å². The maximum atomic E-state index is 10.1. The van der Waals surface area contributed by atoms with Gasteiger partial charge in [0.2, 0.25) is 0 Å². The highest BCUT2D eigenvalue weighted by atomic mass is 35.5. The van der Waals surface area contributed by atoms with Crippen molar-refractivity contribution >= 4 is 12.4 Å². The number of hydrogen-bond acceptors (Lipinski definition) is 5. The van der Waals surface area contributed by atoms with Gasteiger partial charge in [-0.25, -0.2) is 0 Å². The molecular formula is C16H34ClNO4. The third-order valence-electron chi connectivity index (χ3n) is 4.50. The lowest BCUT2D eigenvalue weighted by molar-refractivity contribution is -0.00443. The number of aliphatic hydroxyl groups is 4. The molecule has 0 aromatic heterocycles. The van der Waals surface area contributed by atoms with Crippen molar-refractivity contribution in [3.05, 3.63) is 0 Å². The van der Waals surface area contributed by atoms with Crippen molar-refractivity contribution in [2.24, 2.45) is 0 Å². The van der Waals surface area contributed by atoms with Crippen molar-refractivity contribution in [3.8, 4) is 0 Å². The van der Waals surface area contributed by atoms with Crippen molar-refractivity contribution < 1.29 is 20.4 Å². The van der Waals surface area contributed by atoms with Crippen LogP contribution in [0.4, 0.5) is 0 Å². The molecule has 0 amide bonds. The average Bonchev–Trinajstić information content (AvgIpc) is 2.77. The normalized spacial score (nSPS) is 29.3. The van der Waals surface area contributed by atoms with Crippen molar-refractivity contribution in [2.45, 2.75) is 95.1 Å². The number of aliphatic hydroxyl groups excluding tert-OH is 4. The van der Waals surface area contributed by atoms with Gasteiger partial charge in [-0.2, -0.15) is 0 Å². The SMILES string of the molecule is CCCCCCCCCC[C@H](O)[C@@H]1N[C@@H](CO)[C@H](O)[C@H]1O.Cl. The molecule has 6 heteroatoms. The van der Waals surface area contributed by atoms with E-state index in [9.17, 15) is 15.3 Å². The maximum absolute atomic E-state index is 10.1. The molecule has 1 aliphatic rings. The van der Waals surface area contributed by atoms with Crippen LogP contribution in [0.3, 0.4) is 0 Å². The standard InChI is InChI=1S/C16H33NO4.ClH/c1-2-3-4-5-6-7-8-9-10-13(19)14-16(21)15(20)12(11-18)17-14;/h12-21H,2-11H2,1H3;1H/t12-,13-,14-,15-,16-;/m0./s1. The highest BCUT2D eigenvalue weighted by molar-refractivity contribution is 5.85. The van der Waals surface area contributed by atoms with Crippen molar-refractivity contribution in [1.82, 2.24) is 5.32 Å². The number of halogens is 1. The molecule has 22 heavy (non-hydrogen) atoms. The van der Waals surface area contributed by atoms with Crippen LogP contribution in [0.15, 0.2) is 0 Å². The Hall–Kier alpha value is 0.0900. The van der Waals surface area contributed by atoms with Gasteiger partial charge < -0.3 is 25.7 Å². The Labute approximate surface area is 140 Å². The molecule has 0 spiro atoms. The molecule has 0 aromatic carbocycles. The molecule has 0 saturated carbocycles. The Bertz CT molecular complexity index is 271. The molecule has 134 valence electrons.